The molecule has 532 valence electrons. The zero-order valence-corrected chi connectivity index (χ0v) is 55.1. The summed E-state index contributed by atoms with van der Waals surface area (Å²) in [7, 11) is 2.65. The molecule has 0 aromatic heterocycles. The summed E-state index contributed by atoms with van der Waals surface area (Å²) < 4.78 is 130. The van der Waals surface area contributed by atoms with E-state index in [-0.39, 0.29) is 56.3 Å². The predicted octanol–water partition coefficient (Wildman–Crippen LogP) is 0.629. The standard InChI is InChI=1S/C60H86Cl2O32/c1-12-13-14-32(66)83-49-46-31(91-60(92-46)52-51(77-20-78-52)59(73,26(7)63)27(8)90-60)19-76-55(49)88-56-48(75-11)41(70)45(30(82-56)18-74-10)87-54-42(71)47(38(67)22(3)81-54)85-34-17-57(9)50(25(6)80-34)93-58(94-57)16-29(65)44(24(5)89-58)84-33-15-28(64)43(23(4)79-33)86-53(72)35-21(2)36(61)40(69)37(62)39(35)68/h22-25,27-31,33-34,38,41-52,54-56,64-65,67-71,73H,12-20H2,1-11H3/t22-,23-,24-,25-,27-,28-,29-,30-,31+,33+,34+,38+,41+,42-,43-,44-,45-,46-,47+,48+,49-,50-,51-,52-,54+,55-,56+,57-,58?,59+,60-/m1/s1. The normalized spacial score (nSPS) is 47.7. The lowest BCUT2D eigenvalue weighted by Gasteiger charge is -2.49. The molecule has 10 saturated heterocycles. The third-order valence-electron chi connectivity index (χ3n) is 19.2. The minimum absolute atomic E-state index is 0.0113. The van der Waals surface area contributed by atoms with Crippen LogP contribution in [-0.4, -0.2) is 282 Å². The molecule has 0 saturated carbocycles. The van der Waals surface area contributed by atoms with E-state index in [2.05, 4.69) is 0 Å². The van der Waals surface area contributed by atoms with Crippen molar-refractivity contribution in [2.24, 2.45) is 0 Å². The van der Waals surface area contributed by atoms with Crippen molar-refractivity contribution in [3.63, 3.8) is 0 Å². The number of hydrogen-bond acceptors (Lipinski definition) is 32. The van der Waals surface area contributed by atoms with Crippen LogP contribution in [0.15, 0.2) is 0 Å². The molecule has 10 aliphatic rings. The van der Waals surface area contributed by atoms with Crippen LogP contribution in [0, 0.1) is 6.92 Å². The first-order chi connectivity index (χ1) is 44.4. The second kappa shape index (κ2) is 28.2. The molecule has 10 heterocycles. The first-order valence-electron chi connectivity index (χ1n) is 31.5. The molecule has 1 aromatic carbocycles. The number of unbranched alkanes of at least 4 members (excludes halogenated alkanes) is 1. The fourth-order valence-electron chi connectivity index (χ4n) is 14.3. The van der Waals surface area contributed by atoms with Gasteiger partial charge in [0.2, 0.25) is 6.29 Å². The van der Waals surface area contributed by atoms with E-state index in [1.807, 2.05) is 6.92 Å². The summed E-state index contributed by atoms with van der Waals surface area (Å²) in [5, 5.41) is 90.2. The Kier molecular flexibility index (Phi) is 21.7. The summed E-state index contributed by atoms with van der Waals surface area (Å²) in [5.74, 6) is -7.66. The molecule has 10 aliphatic heterocycles. The third kappa shape index (κ3) is 13.3. The highest BCUT2D eigenvalue weighted by molar-refractivity contribution is 6.39. The summed E-state index contributed by atoms with van der Waals surface area (Å²) in [6.07, 6.45) is -33.6. The number of rotatable bonds is 18. The van der Waals surface area contributed by atoms with Gasteiger partial charge in [-0.2, -0.15) is 0 Å². The molecule has 0 radical (unpaired) electrons. The largest absolute Gasteiger partial charge is 0.505 e. The van der Waals surface area contributed by atoms with Gasteiger partial charge in [-0.05, 0) is 67.4 Å². The van der Waals surface area contributed by atoms with Crippen LogP contribution < -0.4 is 0 Å². The number of ketones is 1. The number of carbonyl (C=O) groups excluding carboxylic acids is 3. The van der Waals surface area contributed by atoms with E-state index in [1.165, 1.54) is 48.8 Å². The Morgan fingerprint density at radius 3 is 2.04 bits per heavy atom. The van der Waals surface area contributed by atoms with Crippen LogP contribution in [0.3, 0.4) is 0 Å². The van der Waals surface area contributed by atoms with Crippen LogP contribution in [-0.2, 0) is 109 Å². The Labute approximate surface area is 550 Å². The highest BCUT2D eigenvalue weighted by Gasteiger charge is 2.73. The average molecular weight is 1390 g/mol. The van der Waals surface area contributed by atoms with Gasteiger partial charge in [0.05, 0.1) is 67.4 Å². The monoisotopic (exact) mass is 1390 g/mol. The Hall–Kier alpha value is -2.99. The molecule has 1 unspecified atom stereocenters. The molecule has 34 heteroatoms. The Balaban J connectivity index is 0.717. The van der Waals surface area contributed by atoms with Crippen LogP contribution in [0.1, 0.15) is 110 Å². The van der Waals surface area contributed by atoms with Gasteiger partial charge in [-0.25, -0.2) is 4.79 Å². The number of Topliss-reactive ketones (excluding diaryl/α,β-unsaturated/α-hetero) is 1. The zero-order chi connectivity index (χ0) is 68.0. The summed E-state index contributed by atoms with van der Waals surface area (Å²) in [6, 6.07) is 0. The van der Waals surface area contributed by atoms with Crippen LogP contribution in [0.25, 0.3) is 0 Å². The summed E-state index contributed by atoms with van der Waals surface area (Å²) in [6.45, 7) is 13.2. The number of phenols is 2. The van der Waals surface area contributed by atoms with Crippen molar-refractivity contribution in [2.75, 3.05) is 34.2 Å². The lowest BCUT2D eigenvalue weighted by atomic mass is 9.81. The van der Waals surface area contributed by atoms with Crippen molar-refractivity contribution in [1.29, 1.82) is 0 Å². The van der Waals surface area contributed by atoms with Gasteiger partial charge in [-0.15, -0.1) is 0 Å². The van der Waals surface area contributed by atoms with Gasteiger partial charge >= 0.3 is 17.9 Å². The Bertz CT molecular complexity index is 2830. The fraction of sp³-hybridized carbons (Fsp3) is 0.850. The maximum absolute atomic E-state index is 13.5. The maximum Gasteiger partial charge on any atom is 0.342 e. The summed E-state index contributed by atoms with van der Waals surface area (Å²) >= 11 is 12.1. The van der Waals surface area contributed by atoms with Gasteiger partial charge in [0, 0.05) is 33.5 Å². The predicted molar refractivity (Wildman–Crippen MR) is 308 cm³/mol. The van der Waals surface area contributed by atoms with Crippen LogP contribution in [0.2, 0.25) is 10.0 Å². The van der Waals surface area contributed by atoms with Crippen molar-refractivity contribution < 1.29 is 155 Å². The van der Waals surface area contributed by atoms with Crippen LogP contribution in [0.5, 0.6) is 11.5 Å². The van der Waals surface area contributed by atoms with E-state index >= 15 is 0 Å². The number of aliphatic hydroxyl groups excluding tert-OH is 5. The number of methoxy groups -OCH3 is 2. The number of hydrogen-bond donors (Lipinski definition) is 8. The van der Waals surface area contributed by atoms with E-state index in [4.69, 9.17) is 123 Å². The molecule has 8 N–H and O–H groups in total. The molecule has 10 fully saturated rings. The average Bonchev–Trinajstić information content (AvgIpc) is 1.54. The Morgan fingerprint density at radius 1 is 0.649 bits per heavy atom. The van der Waals surface area contributed by atoms with Gasteiger partial charge < -0.3 is 140 Å². The molecule has 0 aliphatic carbocycles. The molecule has 1 aromatic rings. The number of fused-ring (bicyclic) bond motifs is 4. The molecule has 0 bridgehead atoms. The highest BCUT2D eigenvalue weighted by Crippen LogP contribution is 2.53. The smallest absolute Gasteiger partial charge is 0.342 e. The minimum Gasteiger partial charge on any atom is -0.505 e. The first kappa shape index (κ1) is 72.3. The van der Waals surface area contributed by atoms with Gasteiger partial charge in [-0.1, -0.05) is 36.5 Å². The second-order valence-electron chi connectivity index (χ2n) is 25.8. The van der Waals surface area contributed by atoms with Gasteiger partial charge in [0.1, 0.15) is 96.2 Å². The number of aromatic hydroxyl groups is 2. The molecule has 2 spiro atoms. The molecule has 94 heavy (non-hydrogen) atoms. The molecule has 32 nitrogen and oxygen atoms in total. The van der Waals surface area contributed by atoms with E-state index in [0.29, 0.717) is 12.8 Å². The number of esters is 2. The Morgan fingerprint density at radius 2 is 1.36 bits per heavy atom. The van der Waals surface area contributed by atoms with Crippen molar-refractivity contribution in [3.05, 3.63) is 21.2 Å². The number of ether oxygens (including phenoxy) is 21. The second-order valence-corrected chi connectivity index (χ2v) is 26.6. The first-order valence-corrected chi connectivity index (χ1v) is 32.3. The molecular formula is C60H86Cl2O32. The summed E-state index contributed by atoms with van der Waals surface area (Å²) in [4.78, 5) is 39.6. The van der Waals surface area contributed by atoms with E-state index in [0.717, 1.165) is 0 Å². The SMILES string of the molecule is CCCCC(=O)O[C@H]1[C@@H](O[C@@H]2O[C@H](COC)[C@@H](O[C@@H]3O[C@H](C)[C@H](O)[C@H](O[C@H]4C[C@@]5(C)OC6(C[C@@H](O)[C@H](O[C@H]7C[C@@H](O)[C@H](OC(=O)c8c(C)c(Cl)c(O)c(Cl)c8O)[C@@H](C)O7)[C@@H](C)O6)O[C@@H]5[C@@H](C)O4)[C@H]3O)[C@H](O)[C@@H]2OC)OC[C@@H]2O[C@]3(O[C@@H]12)O[C@H](C)[C@@](O)(C(C)=O)[C@@H]1OCO[C@H]13. The fourth-order valence-corrected chi connectivity index (χ4v) is 14.8. The minimum atomic E-state index is -2.13. The highest BCUT2D eigenvalue weighted by atomic mass is 35.5. The van der Waals surface area contributed by atoms with Crippen molar-refractivity contribution in [1.82, 2.24) is 0 Å². The van der Waals surface area contributed by atoms with Crippen molar-refractivity contribution >= 4 is 40.9 Å². The van der Waals surface area contributed by atoms with Crippen LogP contribution in [0.4, 0.5) is 0 Å². The van der Waals surface area contributed by atoms with Crippen LogP contribution >= 0.6 is 23.2 Å². The number of benzene rings is 1. The maximum atomic E-state index is 13.5. The van der Waals surface area contributed by atoms with Gasteiger partial charge in [0.25, 0.3) is 5.97 Å². The number of halogens is 2. The van der Waals surface area contributed by atoms with E-state index < -0.39 is 229 Å². The zero-order valence-electron chi connectivity index (χ0n) is 53.6. The van der Waals surface area contributed by atoms with E-state index in [1.54, 1.807) is 20.8 Å². The topological polar surface area (TPSA) is 407 Å². The lowest BCUT2D eigenvalue weighted by Crippen LogP contribution is -2.72. The van der Waals surface area contributed by atoms with Crippen molar-refractivity contribution in [3.8, 4) is 11.5 Å². The molecule has 31 atom stereocenters. The summed E-state index contributed by atoms with van der Waals surface area (Å²) in [5.41, 5.74) is -3.80. The number of aliphatic hydroxyl groups is 6. The van der Waals surface area contributed by atoms with Gasteiger partial charge in [0.15, 0.2) is 66.4 Å². The molecule has 11 rings (SSSR count). The van der Waals surface area contributed by atoms with Gasteiger partial charge in [-0.3, -0.25) is 9.59 Å². The lowest BCUT2D eigenvalue weighted by molar-refractivity contribution is -0.428. The molecule has 0 amide bonds. The van der Waals surface area contributed by atoms with Crippen molar-refractivity contribution in [2.45, 2.75) is 290 Å². The number of phenolic OH excluding ortho intramolecular Hbond substituents is 2. The van der Waals surface area contributed by atoms with E-state index in [9.17, 15) is 55.2 Å². The quantitative estimate of drug-likeness (QED) is 0.0934. The number of carbonyl (C=O) groups is 3. The third-order valence-corrected chi connectivity index (χ3v) is 20.1. The molecular weight excluding hydrogens is 1300 g/mol.